The van der Waals surface area contributed by atoms with Crippen LogP contribution in [0.5, 0.6) is 0 Å². The molecule has 2 atom stereocenters. The molecule has 88 valence electrons. The summed E-state index contributed by atoms with van der Waals surface area (Å²) in [5.41, 5.74) is 0.235. The van der Waals surface area contributed by atoms with E-state index in [-0.39, 0.29) is 6.04 Å². The van der Waals surface area contributed by atoms with Crippen LogP contribution in [0, 0.1) is 0 Å². The Morgan fingerprint density at radius 1 is 1.44 bits per heavy atom. The van der Waals surface area contributed by atoms with Crippen molar-refractivity contribution in [1.82, 2.24) is 5.32 Å². The third-order valence-corrected chi connectivity index (χ3v) is 3.01. The summed E-state index contributed by atoms with van der Waals surface area (Å²) in [6, 6.07) is 9.88. The first-order valence-corrected chi connectivity index (χ1v) is 5.55. The Kier molecular flexibility index (Phi) is 4.07. The molecule has 0 aliphatic heterocycles. The zero-order chi connectivity index (χ0) is 12.2. The summed E-state index contributed by atoms with van der Waals surface area (Å²) in [6.45, 7) is 5.57. The lowest BCUT2D eigenvalue weighted by atomic mass is 9.96. The summed E-state index contributed by atoms with van der Waals surface area (Å²) < 4.78 is 0. The summed E-state index contributed by atoms with van der Waals surface area (Å²) in [5, 5.41) is 12.3. The van der Waals surface area contributed by atoms with Gasteiger partial charge in [0.05, 0.1) is 0 Å². The van der Waals surface area contributed by atoms with E-state index in [0.29, 0.717) is 6.42 Å². The molecular formula is C13H19NO2. The van der Waals surface area contributed by atoms with Crippen molar-refractivity contribution in [1.29, 1.82) is 0 Å². The van der Waals surface area contributed by atoms with Crippen LogP contribution in [0.15, 0.2) is 30.3 Å². The van der Waals surface area contributed by atoms with Gasteiger partial charge >= 0.3 is 5.97 Å². The number of aliphatic carboxylic acids is 1. The van der Waals surface area contributed by atoms with Crippen molar-refractivity contribution >= 4 is 5.97 Å². The van der Waals surface area contributed by atoms with E-state index >= 15 is 0 Å². The highest BCUT2D eigenvalue weighted by Crippen LogP contribution is 2.18. The van der Waals surface area contributed by atoms with Crippen LogP contribution in [-0.2, 0) is 4.79 Å². The molecule has 0 spiro atoms. The van der Waals surface area contributed by atoms with Crippen LogP contribution in [0.3, 0.4) is 0 Å². The second kappa shape index (κ2) is 5.12. The monoisotopic (exact) mass is 221 g/mol. The van der Waals surface area contributed by atoms with Crippen LogP contribution in [-0.4, -0.2) is 16.6 Å². The summed E-state index contributed by atoms with van der Waals surface area (Å²) in [6.07, 6.45) is 0.555. The first-order chi connectivity index (χ1) is 7.49. The average Bonchev–Trinajstić information content (AvgIpc) is 2.29. The molecule has 0 radical (unpaired) electrons. The molecule has 0 aromatic heterocycles. The number of benzene rings is 1. The topological polar surface area (TPSA) is 49.3 Å². The fraction of sp³-hybridized carbons (Fsp3) is 0.462. The van der Waals surface area contributed by atoms with Gasteiger partial charge in [-0.2, -0.15) is 0 Å². The van der Waals surface area contributed by atoms with Crippen molar-refractivity contribution in [2.24, 2.45) is 0 Å². The molecule has 0 aliphatic rings. The molecule has 1 rings (SSSR count). The summed E-state index contributed by atoms with van der Waals surface area (Å²) in [4.78, 5) is 11.2. The minimum atomic E-state index is -0.866. The van der Waals surface area contributed by atoms with Crippen molar-refractivity contribution < 1.29 is 9.90 Å². The highest BCUT2D eigenvalue weighted by atomic mass is 16.4. The first-order valence-electron chi connectivity index (χ1n) is 5.55. The first kappa shape index (κ1) is 12.7. The van der Waals surface area contributed by atoms with Crippen molar-refractivity contribution in [2.75, 3.05) is 0 Å². The van der Waals surface area contributed by atoms with Crippen LogP contribution >= 0.6 is 0 Å². The third kappa shape index (κ3) is 2.83. The Balaban J connectivity index is 2.78. The fourth-order valence-electron chi connectivity index (χ4n) is 1.62. The fourth-order valence-corrected chi connectivity index (χ4v) is 1.62. The van der Waals surface area contributed by atoms with Crippen LogP contribution in [0.4, 0.5) is 0 Å². The molecular weight excluding hydrogens is 202 g/mol. The normalized spacial score (nSPS) is 16.4. The molecule has 1 aromatic rings. The van der Waals surface area contributed by atoms with Gasteiger partial charge in [0.2, 0.25) is 0 Å². The Labute approximate surface area is 96.5 Å². The summed E-state index contributed by atoms with van der Waals surface area (Å²) in [5.74, 6) is -0.808. The van der Waals surface area contributed by atoms with Gasteiger partial charge in [-0.25, -0.2) is 0 Å². The number of rotatable bonds is 5. The zero-order valence-electron chi connectivity index (χ0n) is 10.0. The van der Waals surface area contributed by atoms with E-state index in [4.69, 9.17) is 5.11 Å². The third-order valence-electron chi connectivity index (χ3n) is 3.01. The molecule has 3 nitrogen and oxygen atoms in total. The number of nitrogens with one attached hydrogen (secondary N) is 1. The molecule has 3 heteroatoms. The number of hydrogen-bond acceptors (Lipinski definition) is 2. The van der Waals surface area contributed by atoms with E-state index in [2.05, 4.69) is 5.32 Å². The molecule has 0 aliphatic carbocycles. The van der Waals surface area contributed by atoms with E-state index in [1.165, 1.54) is 0 Å². The van der Waals surface area contributed by atoms with Gasteiger partial charge in [0.1, 0.15) is 5.54 Å². The van der Waals surface area contributed by atoms with Crippen LogP contribution in [0.1, 0.15) is 38.8 Å². The van der Waals surface area contributed by atoms with Gasteiger partial charge in [0, 0.05) is 6.04 Å². The molecule has 0 fully saturated rings. The molecule has 0 heterocycles. The van der Waals surface area contributed by atoms with Gasteiger partial charge in [-0.3, -0.25) is 10.1 Å². The molecule has 2 unspecified atom stereocenters. The van der Waals surface area contributed by atoms with E-state index in [9.17, 15) is 4.79 Å². The van der Waals surface area contributed by atoms with E-state index in [1.807, 2.05) is 44.2 Å². The van der Waals surface area contributed by atoms with Crippen molar-refractivity contribution in [3.8, 4) is 0 Å². The second-order valence-corrected chi connectivity index (χ2v) is 4.27. The van der Waals surface area contributed by atoms with Gasteiger partial charge in [-0.1, -0.05) is 37.3 Å². The number of hydrogen-bond donors (Lipinski definition) is 2. The van der Waals surface area contributed by atoms with E-state index in [1.54, 1.807) is 6.92 Å². The lowest BCUT2D eigenvalue weighted by Crippen LogP contribution is -2.49. The molecule has 0 saturated heterocycles. The summed E-state index contributed by atoms with van der Waals surface area (Å²) in [7, 11) is 0. The molecule has 0 saturated carbocycles. The molecule has 0 amide bonds. The second-order valence-electron chi connectivity index (χ2n) is 4.27. The molecule has 2 N–H and O–H groups in total. The standard InChI is InChI=1S/C13H19NO2/c1-4-13(3,12(15)16)14-10(2)11-8-6-5-7-9-11/h5-10,14H,4H2,1-3H3,(H,15,16). The van der Waals surface area contributed by atoms with Crippen molar-refractivity contribution in [2.45, 2.75) is 38.8 Å². The van der Waals surface area contributed by atoms with Crippen molar-refractivity contribution in [3.05, 3.63) is 35.9 Å². The summed E-state index contributed by atoms with van der Waals surface area (Å²) >= 11 is 0. The van der Waals surface area contributed by atoms with Gasteiger partial charge in [0.15, 0.2) is 0 Å². The van der Waals surface area contributed by atoms with Crippen LogP contribution in [0.25, 0.3) is 0 Å². The lowest BCUT2D eigenvalue weighted by Gasteiger charge is -2.29. The predicted molar refractivity (Wildman–Crippen MR) is 64.3 cm³/mol. The Morgan fingerprint density at radius 2 is 2.00 bits per heavy atom. The smallest absolute Gasteiger partial charge is 0.323 e. The number of carboxylic acids is 1. The number of carboxylic acid groups (broad SMARTS) is 1. The Hall–Kier alpha value is -1.35. The molecule has 1 aromatic carbocycles. The minimum Gasteiger partial charge on any atom is -0.480 e. The van der Waals surface area contributed by atoms with E-state index < -0.39 is 11.5 Å². The van der Waals surface area contributed by atoms with Gasteiger partial charge in [-0.05, 0) is 25.8 Å². The Bertz CT molecular complexity index is 350. The zero-order valence-corrected chi connectivity index (χ0v) is 10.0. The Morgan fingerprint density at radius 3 is 2.44 bits per heavy atom. The van der Waals surface area contributed by atoms with Crippen molar-refractivity contribution in [3.63, 3.8) is 0 Å². The molecule has 16 heavy (non-hydrogen) atoms. The number of carbonyl (C=O) groups is 1. The minimum absolute atomic E-state index is 0.0299. The van der Waals surface area contributed by atoms with Crippen LogP contribution in [0.2, 0.25) is 0 Å². The largest absolute Gasteiger partial charge is 0.480 e. The van der Waals surface area contributed by atoms with Gasteiger partial charge in [-0.15, -0.1) is 0 Å². The van der Waals surface area contributed by atoms with Gasteiger partial charge < -0.3 is 5.11 Å². The lowest BCUT2D eigenvalue weighted by molar-refractivity contribution is -0.144. The maximum absolute atomic E-state index is 11.2. The SMILES string of the molecule is CCC(C)(NC(C)c1ccccc1)C(=O)O. The van der Waals surface area contributed by atoms with Gasteiger partial charge in [0.25, 0.3) is 0 Å². The van der Waals surface area contributed by atoms with E-state index in [0.717, 1.165) is 5.56 Å². The molecule has 0 bridgehead atoms. The maximum Gasteiger partial charge on any atom is 0.323 e. The predicted octanol–water partition coefficient (Wildman–Crippen LogP) is 2.59. The average molecular weight is 221 g/mol. The highest BCUT2D eigenvalue weighted by Gasteiger charge is 2.32. The van der Waals surface area contributed by atoms with Crippen LogP contribution < -0.4 is 5.32 Å². The maximum atomic E-state index is 11.2. The quantitative estimate of drug-likeness (QED) is 0.803. The highest BCUT2D eigenvalue weighted by molar-refractivity contribution is 5.78.